The van der Waals surface area contributed by atoms with Crippen molar-refractivity contribution < 1.29 is 23.8 Å². The van der Waals surface area contributed by atoms with Gasteiger partial charge in [0.2, 0.25) is 5.91 Å². The quantitative estimate of drug-likeness (QED) is 0.587. The Morgan fingerprint density at radius 3 is 2.62 bits per heavy atom. The number of amides is 1. The number of thiophene rings is 1. The fourth-order valence-electron chi connectivity index (χ4n) is 2.23. The highest BCUT2D eigenvalue weighted by atomic mass is 32.1. The van der Waals surface area contributed by atoms with Crippen LogP contribution in [0.15, 0.2) is 30.3 Å². The first-order chi connectivity index (χ1) is 12.5. The number of methoxy groups -OCH3 is 2. The summed E-state index contributed by atoms with van der Waals surface area (Å²) in [6.45, 7) is 3.86. The molecular weight excluding hydrogens is 354 g/mol. The molecule has 0 atom stereocenters. The van der Waals surface area contributed by atoms with Crippen LogP contribution in [0.3, 0.4) is 0 Å². The van der Waals surface area contributed by atoms with Gasteiger partial charge in [0, 0.05) is 17.7 Å². The van der Waals surface area contributed by atoms with Gasteiger partial charge in [-0.15, -0.1) is 11.3 Å². The fourth-order valence-corrected chi connectivity index (χ4v) is 3.20. The number of rotatable bonds is 7. The number of carbonyl (C=O) groups is 2. The molecule has 0 aliphatic carbocycles. The van der Waals surface area contributed by atoms with Gasteiger partial charge in [-0.1, -0.05) is 0 Å². The molecule has 0 bridgehead atoms. The Kier molecular flexibility index (Phi) is 6.80. The van der Waals surface area contributed by atoms with Gasteiger partial charge >= 0.3 is 5.97 Å². The zero-order valence-electron chi connectivity index (χ0n) is 15.1. The number of hydrogen-bond acceptors (Lipinski definition) is 6. The molecule has 2 aromatic rings. The van der Waals surface area contributed by atoms with E-state index in [9.17, 15) is 9.59 Å². The van der Waals surface area contributed by atoms with Crippen LogP contribution in [0, 0.1) is 6.92 Å². The van der Waals surface area contributed by atoms with Gasteiger partial charge in [0.1, 0.15) is 16.4 Å². The first-order valence-corrected chi connectivity index (χ1v) is 8.78. The lowest BCUT2D eigenvalue weighted by Gasteiger charge is -2.07. The highest BCUT2D eigenvalue weighted by Crippen LogP contribution is 2.28. The van der Waals surface area contributed by atoms with Gasteiger partial charge in [0.05, 0.1) is 25.8 Å². The van der Waals surface area contributed by atoms with E-state index < -0.39 is 0 Å². The molecule has 1 aromatic heterocycles. The van der Waals surface area contributed by atoms with Gasteiger partial charge in [0.25, 0.3) is 0 Å². The van der Waals surface area contributed by atoms with Crippen LogP contribution in [0.5, 0.6) is 11.5 Å². The van der Waals surface area contributed by atoms with Gasteiger partial charge in [0.15, 0.2) is 0 Å². The summed E-state index contributed by atoms with van der Waals surface area (Å²) in [6.07, 6.45) is 3.06. The molecule has 0 radical (unpaired) electrons. The van der Waals surface area contributed by atoms with Crippen LogP contribution in [0.4, 0.5) is 5.00 Å². The minimum absolute atomic E-state index is 0.306. The lowest BCUT2D eigenvalue weighted by atomic mass is 10.1. The largest absolute Gasteiger partial charge is 0.497 e. The first-order valence-electron chi connectivity index (χ1n) is 7.97. The maximum absolute atomic E-state index is 12.2. The van der Waals surface area contributed by atoms with Crippen LogP contribution in [0.25, 0.3) is 6.08 Å². The summed E-state index contributed by atoms with van der Waals surface area (Å²) in [5, 5.41) is 3.33. The Labute approximate surface area is 156 Å². The van der Waals surface area contributed by atoms with Gasteiger partial charge in [-0.3, -0.25) is 4.79 Å². The molecule has 1 heterocycles. The Morgan fingerprint density at radius 2 is 1.96 bits per heavy atom. The van der Waals surface area contributed by atoms with E-state index in [1.165, 1.54) is 17.4 Å². The Hall–Kier alpha value is -2.80. The molecule has 0 saturated heterocycles. The third-order valence-corrected chi connectivity index (χ3v) is 4.61. The maximum atomic E-state index is 12.2. The number of aryl methyl sites for hydroxylation is 1. The smallest absolute Gasteiger partial charge is 0.348 e. The van der Waals surface area contributed by atoms with Crippen molar-refractivity contribution in [2.45, 2.75) is 13.8 Å². The Morgan fingerprint density at radius 1 is 1.19 bits per heavy atom. The van der Waals surface area contributed by atoms with Crippen LogP contribution in [-0.2, 0) is 9.53 Å². The summed E-state index contributed by atoms with van der Waals surface area (Å²) in [6, 6.07) is 7.08. The normalized spacial score (nSPS) is 10.6. The average molecular weight is 375 g/mol. The van der Waals surface area contributed by atoms with E-state index in [-0.39, 0.29) is 11.9 Å². The third-order valence-electron chi connectivity index (χ3n) is 3.48. The van der Waals surface area contributed by atoms with E-state index in [4.69, 9.17) is 14.2 Å². The number of anilines is 1. The molecule has 0 unspecified atom stereocenters. The lowest BCUT2D eigenvalue weighted by molar-refractivity contribution is -0.111. The fraction of sp³-hybridized carbons (Fsp3) is 0.263. The summed E-state index contributed by atoms with van der Waals surface area (Å²) in [4.78, 5) is 24.5. The lowest BCUT2D eigenvalue weighted by Crippen LogP contribution is -2.06. The molecular formula is C19H21NO5S. The molecule has 0 saturated carbocycles. The highest BCUT2D eigenvalue weighted by Gasteiger charge is 2.15. The van der Waals surface area contributed by atoms with Crippen molar-refractivity contribution in [3.05, 3.63) is 46.3 Å². The van der Waals surface area contributed by atoms with E-state index in [0.29, 0.717) is 28.0 Å². The number of carbonyl (C=O) groups excluding carboxylic acids is 2. The van der Waals surface area contributed by atoms with Gasteiger partial charge < -0.3 is 19.5 Å². The third kappa shape index (κ3) is 4.86. The van der Waals surface area contributed by atoms with Crippen molar-refractivity contribution in [2.24, 2.45) is 0 Å². The molecule has 1 aromatic carbocycles. The van der Waals surface area contributed by atoms with Crippen molar-refractivity contribution >= 4 is 34.3 Å². The molecule has 6 nitrogen and oxygen atoms in total. The van der Waals surface area contributed by atoms with Crippen molar-refractivity contribution in [3.8, 4) is 11.5 Å². The summed E-state index contributed by atoms with van der Waals surface area (Å²) in [5.41, 5.74) is 1.52. The topological polar surface area (TPSA) is 73.9 Å². The zero-order valence-corrected chi connectivity index (χ0v) is 15.9. The van der Waals surface area contributed by atoms with Crippen molar-refractivity contribution in [1.82, 2.24) is 0 Å². The second kappa shape index (κ2) is 9.05. The minimum atomic E-state index is -0.381. The predicted molar refractivity (Wildman–Crippen MR) is 102 cm³/mol. The van der Waals surface area contributed by atoms with Gasteiger partial charge in [-0.25, -0.2) is 4.79 Å². The van der Waals surface area contributed by atoms with Crippen molar-refractivity contribution in [3.63, 3.8) is 0 Å². The Bertz CT molecular complexity index is 825. The maximum Gasteiger partial charge on any atom is 0.348 e. The highest BCUT2D eigenvalue weighted by molar-refractivity contribution is 7.18. The first kappa shape index (κ1) is 19.5. The number of ether oxygens (including phenoxy) is 3. The van der Waals surface area contributed by atoms with Crippen LogP contribution in [0.2, 0.25) is 0 Å². The van der Waals surface area contributed by atoms with E-state index in [1.807, 2.05) is 0 Å². The van der Waals surface area contributed by atoms with Crippen LogP contribution >= 0.6 is 11.3 Å². The zero-order chi connectivity index (χ0) is 19.1. The number of hydrogen-bond donors (Lipinski definition) is 1. The molecule has 0 aliphatic heterocycles. The van der Waals surface area contributed by atoms with Crippen LogP contribution in [0.1, 0.15) is 27.7 Å². The summed E-state index contributed by atoms with van der Waals surface area (Å²) in [7, 11) is 3.13. The average Bonchev–Trinajstić information content (AvgIpc) is 3.00. The molecule has 0 fully saturated rings. The molecule has 1 amide bonds. The van der Waals surface area contributed by atoms with E-state index >= 15 is 0 Å². The summed E-state index contributed by atoms with van der Waals surface area (Å²) < 4.78 is 15.4. The molecule has 0 spiro atoms. The second-order valence-electron chi connectivity index (χ2n) is 5.27. The molecule has 26 heavy (non-hydrogen) atoms. The van der Waals surface area contributed by atoms with Crippen molar-refractivity contribution in [1.29, 1.82) is 0 Å². The Balaban J connectivity index is 2.08. The monoisotopic (exact) mass is 375 g/mol. The van der Waals surface area contributed by atoms with E-state index in [0.717, 1.165) is 11.1 Å². The van der Waals surface area contributed by atoms with Crippen LogP contribution < -0.4 is 14.8 Å². The van der Waals surface area contributed by atoms with Crippen molar-refractivity contribution in [2.75, 3.05) is 26.1 Å². The predicted octanol–water partition coefficient (Wildman–Crippen LogP) is 3.90. The summed E-state index contributed by atoms with van der Waals surface area (Å²) in [5.74, 6) is 0.586. The number of benzene rings is 1. The molecule has 2 rings (SSSR count). The molecule has 0 aliphatic rings. The summed E-state index contributed by atoms with van der Waals surface area (Å²) >= 11 is 1.19. The number of esters is 1. The van der Waals surface area contributed by atoms with Gasteiger partial charge in [-0.05, 0) is 43.7 Å². The van der Waals surface area contributed by atoms with Gasteiger partial charge in [-0.2, -0.15) is 0 Å². The second-order valence-corrected chi connectivity index (χ2v) is 6.33. The van der Waals surface area contributed by atoms with E-state index in [1.54, 1.807) is 58.4 Å². The SMILES string of the molecule is CCOC(=O)c1sc(NC(=O)/C=C/c2ccc(OC)cc2OC)cc1C. The van der Waals surface area contributed by atoms with E-state index in [2.05, 4.69) is 5.32 Å². The standard InChI is InChI=1S/C19H21NO5S/c1-5-25-19(22)18-12(2)10-17(26-18)20-16(21)9-7-13-6-8-14(23-3)11-15(13)24-4/h6-11H,5H2,1-4H3,(H,20,21)/b9-7+. The molecule has 138 valence electrons. The minimum Gasteiger partial charge on any atom is -0.497 e. The molecule has 7 heteroatoms. The molecule has 1 N–H and O–H groups in total. The number of nitrogens with one attached hydrogen (secondary N) is 1. The van der Waals surface area contributed by atoms with Crippen LogP contribution in [-0.4, -0.2) is 32.7 Å².